The summed E-state index contributed by atoms with van der Waals surface area (Å²) in [5.74, 6) is 2.04. The molecule has 5 aromatic rings. The minimum absolute atomic E-state index is 0.0787. The number of pyridine rings is 1. The molecule has 0 amide bonds. The van der Waals surface area contributed by atoms with Crippen LogP contribution in [-0.4, -0.2) is 15.7 Å². The third kappa shape index (κ3) is 3.42. The molecule has 4 heteroatoms. The van der Waals surface area contributed by atoms with Gasteiger partial charge in [-0.2, -0.15) is 0 Å². The zero-order valence-corrected chi connectivity index (χ0v) is 21.3. The summed E-state index contributed by atoms with van der Waals surface area (Å²) in [4.78, 5) is 7.23. The lowest BCUT2D eigenvalue weighted by Crippen LogP contribution is -2.37. The van der Waals surface area contributed by atoms with Crippen LogP contribution in [-0.2, 0) is 0 Å². The standard InChI is InChI=1S/C35H26N4/c1-4-12-24(13-5-1)25-20-21-36-33(22-25)39-32-19-11-10-17-28(32)30-23-29-27-16-8-3-9-18-31(27)38(34(29)37-35(30)39)26-14-6-2-7-15-26/h1-8,10-23,35,37H,9H2. The monoisotopic (exact) mass is 502 g/mol. The molecule has 0 saturated heterocycles. The Morgan fingerprint density at radius 2 is 1.62 bits per heavy atom. The van der Waals surface area contributed by atoms with Crippen molar-refractivity contribution in [2.75, 3.05) is 10.2 Å². The molecule has 186 valence electrons. The number of rotatable bonds is 3. The van der Waals surface area contributed by atoms with E-state index in [2.05, 4.69) is 142 Å². The van der Waals surface area contributed by atoms with Gasteiger partial charge in [-0.15, -0.1) is 0 Å². The Morgan fingerprint density at radius 1 is 0.821 bits per heavy atom. The average molecular weight is 503 g/mol. The second kappa shape index (κ2) is 8.74. The Labute approximate surface area is 227 Å². The van der Waals surface area contributed by atoms with Crippen molar-refractivity contribution < 1.29 is 0 Å². The predicted octanol–water partition coefficient (Wildman–Crippen LogP) is 6.50. The van der Waals surface area contributed by atoms with E-state index >= 15 is 0 Å². The zero-order valence-electron chi connectivity index (χ0n) is 21.3. The van der Waals surface area contributed by atoms with Gasteiger partial charge in [-0.25, -0.2) is 4.98 Å². The minimum atomic E-state index is -0.0787. The van der Waals surface area contributed by atoms with E-state index in [0.29, 0.717) is 0 Å². The van der Waals surface area contributed by atoms with Crippen molar-refractivity contribution in [3.63, 3.8) is 0 Å². The van der Waals surface area contributed by atoms with Crippen molar-refractivity contribution >= 4 is 41.1 Å². The summed E-state index contributed by atoms with van der Waals surface area (Å²) in [5, 5.41) is 6.45. The van der Waals surface area contributed by atoms with Crippen LogP contribution in [0.15, 0.2) is 115 Å². The Bertz CT molecular complexity index is 1910. The van der Waals surface area contributed by atoms with Crippen molar-refractivity contribution in [1.82, 2.24) is 9.55 Å². The van der Waals surface area contributed by atoms with Crippen molar-refractivity contribution in [2.24, 2.45) is 0 Å². The molecule has 0 saturated carbocycles. The van der Waals surface area contributed by atoms with Crippen molar-refractivity contribution in [3.05, 3.63) is 137 Å². The molecule has 3 aliphatic rings. The molecule has 8 rings (SSSR count). The molecule has 1 atom stereocenters. The number of para-hydroxylation sites is 2. The molecule has 1 unspecified atom stereocenters. The number of allylic oxidation sites excluding steroid dienone is 2. The van der Waals surface area contributed by atoms with E-state index in [9.17, 15) is 0 Å². The van der Waals surface area contributed by atoms with Crippen LogP contribution in [0.5, 0.6) is 0 Å². The van der Waals surface area contributed by atoms with E-state index in [-0.39, 0.29) is 6.17 Å². The smallest absolute Gasteiger partial charge is 0.135 e. The van der Waals surface area contributed by atoms with E-state index in [1.54, 1.807) is 0 Å². The molecular formula is C35H26N4. The maximum atomic E-state index is 4.88. The fourth-order valence-electron chi connectivity index (χ4n) is 6.11. The first-order chi connectivity index (χ1) is 19.4. The van der Waals surface area contributed by atoms with Gasteiger partial charge in [-0.1, -0.05) is 91.0 Å². The third-order valence-electron chi connectivity index (χ3n) is 7.85. The van der Waals surface area contributed by atoms with Gasteiger partial charge in [0, 0.05) is 33.8 Å². The molecule has 2 aliphatic heterocycles. The number of nitrogens with zero attached hydrogens (tertiary/aromatic N) is 3. The quantitative estimate of drug-likeness (QED) is 0.306. The fourth-order valence-corrected chi connectivity index (χ4v) is 6.11. The lowest BCUT2D eigenvalue weighted by Gasteiger charge is -2.31. The first kappa shape index (κ1) is 21.9. The lowest BCUT2D eigenvalue weighted by atomic mass is 10.00. The highest BCUT2D eigenvalue weighted by Gasteiger charge is 2.39. The number of nitrogens with one attached hydrogen (secondary N) is 1. The molecular weight excluding hydrogens is 476 g/mol. The molecule has 39 heavy (non-hydrogen) atoms. The van der Waals surface area contributed by atoms with Gasteiger partial charge in [0.25, 0.3) is 0 Å². The average Bonchev–Trinajstić information content (AvgIpc) is 3.36. The first-order valence-electron chi connectivity index (χ1n) is 13.4. The zero-order chi connectivity index (χ0) is 25.8. The van der Waals surface area contributed by atoms with Crippen LogP contribution in [0, 0.1) is 0 Å². The summed E-state index contributed by atoms with van der Waals surface area (Å²) in [6.45, 7) is 0. The third-order valence-corrected chi connectivity index (χ3v) is 7.85. The van der Waals surface area contributed by atoms with Gasteiger partial charge < -0.3 is 10.2 Å². The van der Waals surface area contributed by atoms with E-state index < -0.39 is 0 Å². The summed E-state index contributed by atoms with van der Waals surface area (Å²) in [7, 11) is 0. The van der Waals surface area contributed by atoms with E-state index in [4.69, 9.17) is 4.98 Å². The topological polar surface area (TPSA) is 33.1 Å². The molecule has 0 fully saturated rings. The normalized spacial score (nSPS) is 16.5. The number of aromatic nitrogens is 2. The Balaban J connectivity index is 1.35. The number of hydrogen-bond acceptors (Lipinski definition) is 3. The highest BCUT2D eigenvalue weighted by atomic mass is 15.4. The van der Waals surface area contributed by atoms with Crippen LogP contribution in [0.3, 0.4) is 0 Å². The molecule has 0 spiro atoms. The van der Waals surface area contributed by atoms with E-state index in [1.807, 2.05) is 6.20 Å². The lowest BCUT2D eigenvalue weighted by molar-refractivity contribution is 0.881. The Morgan fingerprint density at radius 3 is 2.49 bits per heavy atom. The molecule has 1 N–H and O–H groups in total. The Kier molecular flexibility index (Phi) is 4.92. The maximum absolute atomic E-state index is 4.88. The van der Waals surface area contributed by atoms with E-state index in [0.717, 1.165) is 35.0 Å². The fraction of sp³-hybridized carbons (Fsp3) is 0.0571. The van der Waals surface area contributed by atoms with Gasteiger partial charge >= 0.3 is 0 Å². The van der Waals surface area contributed by atoms with Crippen LogP contribution in [0.4, 0.5) is 17.3 Å². The van der Waals surface area contributed by atoms with Gasteiger partial charge in [0.05, 0.1) is 11.0 Å². The second-order valence-electron chi connectivity index (χ2n) is 10.1. The van der Waals surface area contributed by atoms with Crippen LogP contribution in [0.25, 0.3) is 40.6 Å². The summed E-state index contributed by atoms with van der Waals surface area (Å²) >= 11 is 0. The second-order valence-corrected chi connectivity index (χ2v) is 10.1. The molecule has 4 heterocycles. The predicted molar refractivity (Wildman–Crippen MR) is 161 cm³/mol. The number of benzene rings is 3. The first-order valence-corrected chi connectivity index (χ1v) is 13.4. The highest BCUT2D eigenvalue weighted by Crippen LogP contribution is 2.47. The van der Waals surface area contributed by atoms with Gasteiger partial charge in [-0.3, -0.25) is 4.57 Å². The number of anilines is 3. The van der Waals surface area contributed by atoms with E-state index in [1.165, 1.54) is 32.8 Å². The van der Waals surface area contributed by atoms with Crippen LogP contribution in [0.2, 0.25) is 0 Å². The van der Waals surface area contributed by atoms with Crippen molar-refractivity contribution in [3.8, 4) is 16.8 Å². The molecule has 0 radical (unpaired) electrons. The largest absolute Gasteiger partial charge is 0.346 e. The van der Waals surface area contributed by atoms with Crippen LogP contribution < -0.4 is 20.8 Å². The van der Waals surface area contributed by atoms with Crippen molar-refractivity contribution in [2.45, 2.75) is 12.6 Å². The van der Waals surface area contributed by atoms with Crippen molar-refractivity contribution in [1.29, 1.82) is 0 Å². The molecule has 1 aliphatic carbocycles. The summed E-state index contributed by atoms with van der Waals surface area (Å²) < 4.78 is 2.37. The minimum Gasteiger partial charge on any atom is -0.346 e. The van der Waals surface area contributed by atoms with Gasteiger partial charge in [0.15, 0.2) is 0 Å². The van der Waals surface area contributed by atoms with Gasteiger partial charge in [0.1, 0.15) is 17.8 Å². The maximum Gasteiger partial charge on any atom is 0.135 e. The Hall–Kier alpha value is -5.09. The van der Waals surface area contributed by atoms with Gasteiger partial charge in [-0.05, 0) is 54.0 Å². The van der Waals surface area contributed by atoms with Crippen LogP contribution >= 0.6 is 0 Å². The molecule has 0 bridgehead atoms. The van der Waals surface area contributed by atoms with Crippen LogP contribution in [0.1, 0.15) is 17.5 Å². The SMILES string of the molecule is C1=CCC=c2c(c3c(n2-c2ccccc2)NC2C(=C3)c3ccccc3N2c2cc(-c3ccccc3)ccn2)=C1. The molecule has 2 aromatic heterocycles. The number of hydrogen-bond donors (Lipinski definition) is 1. The number of fused-ring (bicyclic) bond motifs is 6. The molecule has 3 aromatic carbocycles. The summed E-state index contributed by atoms with van der Waals surface area (Å²) in [5.41, 5.74) is 8.38. The van der Waals surface area contributed by atoms with Gasteiger partial charge in [0.2, 0.25) is 0 Å². The highest BCUT2D eigenvalue weighted by molar-refractivity contribution is 6.03. The summed E-state index contributed by atoms with van der Waals surface area (Å²) in [6.07, 6.45) is 14.1. The molecule has 4 nitrogen and oxygen atoms in total. The summed E-state index contributed by atoms with van der Waals surface area (Å²) in [6, 6.07) is 34.1.